The third-order valence-electron chi connectivity index (χ3n) is 6.93. The molecule has 0 N–H and O–H groups in total. The van der Waals surface area contributed by atoms with Gasteiger partial charge in [0.25, 0.3) is 11.8 Å². The van der Waals surface area contributed by atoms with Gasteiger partial charge in [-0.1, -0.05) is 65.7 Å². The molecule has 1 saturated carbocycles. The van der Waals surface area contributed by atoms with E-state index in [0.717, 1.165) is 28.7 Å². The summed E-state index contributed by atoms with van der Waals surface area (Å²) in [7, 11) is 0. The summed E-state index contributed by atoms with van der Waals surface area (Å²) in [5.74, 6) is -1.68. The van der Waals surface area contributed by atoms with Crippen LogP contribution in [0.1, 0.15) is 23.5 Å². The number of hydrogen-bond acceptors (Lipinski definition) is 5. The van der Waals surface area contributed by atoms with Crippen molar-refractivity contribution in [3.63, 3.8) is 0 Å². The van der Waals surface area contributed by atoms with E-state index in [1.165, 1.54) is 0 Å². The Morgan fingerprint density at radius 2 is 1.40 bits per heavy atom. The van der Waals surface area contributed by atoms with Gasteiger partial charge in [-0.2, -0.15) is 0 Å². The van der Waals surface area contributed by atoms with Crippen molar-refractivity contribution in [2.45, 2.75) is 12.3 Å². The maximum atomic E-state index is 12.6. The standard InChI is InChI=1S/C24H19NO5/c26-22-20-13-9-10-14(11-13)21(20)23(27)25(22)30-24(28)29-12-19-17-7-3-1-5-15(17)16-6-2-4-8-18(16)19/h1-10,13-14,19-21H,11-12H2/t13-,14-,20-,21?/m0/s1. The number of nitrogens with zero attached hydrogens (tertiary/aromatic N) is 1. The second-order valence-electron chi connectivity index (χ2n) is 8.35. The summed E-state index contributed by atoms with van der Waals surface area (Å²) in [4.78, 5) is 42.7. The Bertz CT molecular complexity index is 1050. The van der Waals surface area contributed by atoms with Crippen molar-refractivity contribution in [3.05, 3.63) is 71.8 Å². The van der Waals surface area contributed by atoms with Gasteiger partial charge in [0.15, 0.2) is 0 Å². The van der Waals surface area contributed by atoms with Crippen LogP contribution in [0.4, 0.5) is 4.79 Å². The number of imide groups is 1. The first-order valence-corrected chi connectivity index (χ1v) is 10.2. The molecule has 2 amide bonds. The zero-order valence-corrected chi connectivity index (χ0v) is 16.1. The molecule has 1 heterocycles. The van der Waals surface area contributed by atoms with Crippen LogP contribution in [0.5, 0.6) is 0 Å². The van der Waals surface area contributed by atoms with Crippen molar-refractivity contribution in [3.8, 4) is 11.1 Å². The number of rotatable bonds is 3. The third-order valence-corrected chi connectivity index (χ3v) is 6.93. The lowest BCUT2D eigenvalue weighted by Gasteiger charge is -2.17. The number of benzene rings is 2. The van der Waals surface area contributed by atoms with Gasteiger partial charge in [0, 0.05) is 5.92 Å². The molecule has 4 atom stereocenters. The first-order valence-electron chi connectivity index (χ1n) is 10.2. The number of carbonyl (C=O) groups is 3. The van der Waals surface area contributed by atoms with Crippen molar-refractivity contribution in [1.82, 2.24) is 5.06 Å². The molecule has 150 valence electrons. The summed E-state index contributed by atoms with van der Waals surface area (Å²) in [5, 5.41) is 0.625. The van der Waals surface area contributed by atoms with E-state index >= 15 is 0 Å². The molecular formula is C24H19NO5. The second kappa shape index (κ2) is 6.29. The molecule has 0 radical (unpaired) electrons. The number of amides is 2. The van der Waals surface area contributed by atoms with Crippen molar-refractivity contribution in [2.75, 3.05) is 6.61 Å². The normalized spacial score (nSPS) is 27.9. The lowest BCUT2D eigenvalue weighted by atomic mass is 9.85. The van der Waals surface area contributed by atoms with Crippen LogP contribution < -0.4 is 0 Å². The molecule has 2 aromatic carbocycles. The minimum atomic E-state index is -1.03. The Morgan fingerprint density at radius 1 is 0.867 bits per heavy atom. The largest absolute Gasteiger partial charge is 0.533 e. The highest BCUT2D eigenvalue weighted by molar-refractivity contribution is 6.05. The summed E-state index contributed by atoms with van der Waals surface area (Å²) < 4.78 is 5.37. The van der Waals surface area contributed by atoms with Gasteiger partial charge in [-0.25, -0.2) is 4.79 Å². The molecule has 30 heavy (non-hydrogen) atoms. The Balaban J connectivity index is 1.16. The minimum absolute atomic E-state index is 0.0626. The molecule has 0 spiro atoms. The first-order chi connectivity index (χ1) is 14.6. The van der Waals surface area contributed by atoms with Crippen molar-refractivity contribution in [2.24, 2.45) is 23.7 Å². The molecule has 2 aromatic rings. The fourth-order valence-corrected chi connectivity index (χ4v) is 5.66. The molecular weight excluding hydrogens is 382 g/mol. The molecule has 1 saturated heterocycles. The van der Waals surface area contributed by atoms with Crippen LogP contribution in [0.15, 0.2) is 60.7 Å². The number of fused-ring (bicyclic) bond motifs is 8. The average molecular weight is 401 g/mol. The third kappa shape index (κ3) is 2.33. The summed E-state index contributed by atoms with van der Waals surface area (Å²) in [6.07, 6.45) is 3.78. The molecule has 2 fully saturated rings. The van der Waals surface area contributed by atoms with Gasteiger partial charge in [-0.3, -0.25) is 14.4 Å². The van der Waals surface area contributed by atoms with E-state index in [4.69, 9.17) is 9.57 Å². The van der Waals surface area contributed by atoms with E-state index < -0.39 is 29.8 Å². The maximum absolute atomic E-state index is 12.6. The van der Waals surface area contributed by atoms with Gasteiger partial charge in [0.1, 0.15) is 6.61 Å². The van der Waals surface area contributed by atoms with Crippen molar-refractivity contribution < 1.29 is 24.0 Å². The number of carbonyl (C=O) groups excluding carboxylic acids is 3. The van der Waals surface area contributed by atoms with Gasteiger partial charge >= 0.3 is 6.16 Å². The molecule has 6 nitrogen and oxygen atoms in total. The Hall–Kier alpha value is -3.41. The van der Waals surface area contributed by atoms with E-state index in [9.17, 15) is 14.4 Å². The summed E-state index contributed by atoms with van der Waals surface area (Å²) in [6, 6.07) is 16.0. The summed E-state index contributed by atoms with van der Waals surface area (Å²) in [5.41, 5.74) is 4.40. The van der Waals surface area contributed by atoms with E-state index in [2.05, 4.69) is 12.1 Å². The Kier molecular flexibility index (Phi) is 3.66. The zero-order chi connectivity index (χ0) is 20.4. The Labute approximate surface area is 173 Å². The van der Waals surface area contributed by atoms with Crippen LogP contribution in [0.25, 0.3) is 11.1 Å². The van der Waals surface area contributed by atoms with Crippen molar-refractivity contribution >= 4 is 18.0 Å². The number of ether oxygens (including phenoxy) is 1. The van der Waals surface area contributed by atoms with Crippen molar-refractivity contribution in [1.29, 1.82) is 0 Å². The number of hydroxylamine groups is 2. The molecule has 1 aliphatic heterocycles. The van der Waals surface area contributed by atoms with Crippen LogP contribution in [-0.2, 0) is 19.2 Å². The fourth-order valence-electron chi connectivity index (χ4n) is 5.66. The smallest absolute Gasteiger partial charge is 0.432 e. The quantitative estimate of drug-likeness (QED) is 0.446. The van der Waals surface area contributed by atoms with E-state index in [0.29, 0.717) is 5.06 Å². The SMILES string of the molecule is O=C(OCC1c2ccccc2-c2ccccc21)ON1C(=O)C2[C@@H](C1=O)[C@H]1C=C[C@H]2C1. The number of allylic oxidation sites excluding steroid dienone is 2. The highest BCUT2D eigenvalue weighted by Gasteiger charge is 2.61. The van der Waals surface area contributed by atoms with Crippen LogP contribution >= 0.6 is 0 Å². The van der Waals surface area contributed by atoms with Gasteiger partial charge in [-0.05, 0) is 40.5 Å². The van der Waals surface area contributed by atoms with Gasteiger partial charge in [-0.15, -0.1) is 0 Å². The van der Waals surface area contributed by atoms with E-state index in [1.54, 1.807) is 0 Å². The lowest BCUT2D eigenvalue weighted by Crippen LogP contribution is -2.35. The zero-order valence-electron chi connectivity index (χ0n) is 16.1. The maximum Gasteiger partial charge on any atom is 0.533 e. The number of hydrogen-bond donors (Lipinski definition) is 0. The van der Waals surface area contributed by atoms with E-state index in [1.807, 2.05) is 48.6 Å². The second-order valence-corrected chi connectivity index (χ2v) is 8.35. The van der Waals surface area contributed by atoms with Gasteiger partial charge in [0.2, 0.25) is 0 Å². The summed E-state index contributed by atoms with van der Waals surface area (Å²) >= 11 is 0. The summed E-state index contributed by atoms with van der Waals surface area (Å²) in [6.45, 7) is 0.0722. The van der Waals surface area contributed by atoms with Crippen LogP contribution in [0, 0.1) is 23.7 Å². The highest BCUT2D eigenvalue weighted by atomic mass is 16.8. The topological polar surface area (TPSA) is 72.9 Å². The van der Waals surface area contributed by atoms with Gasteiger partial charge < -0.3 is 4.74 Å². The van der Waals surface area contributed by atoms with Crippen LogP contribution in [-0.4, -0.2) is 29.6 Å². The monoisotopic (exact) mass is 401 g/mol. The molecule has 0 aromatic heterocycles. The van der Waals surface area contributed by atoms with Crippen LogP contribution in [0.3, 0.4) is 0 Å². The molecule has 1 unspecified atom stereocenters. The predicted molar refractivity (Wildman–Crippen MR) is 106 cm³/mol. The predicted octanol–water partition coefficient (Wildman–Crippen LogP) is 3.67. The highest BCUT2D eigenvalue weighted by Crippen LogP contribution is 2.52. The van der Waals surface area contributed by atoms with E-state index in [-0.39, 0.29) is 24.4 Å². The van der Waals surface area contributed by atoms with Gasteiger partial charge in [0.05, 0.1) is 11.8 Å². The molecule has 6 heteroatoms. The fraction of sp³-hybridized carbons (Fsp3) is 0.292. The lowest BCUT2D eigenvalue weighted by molar-refractivity contribution is -0.179. The first kappa shape index (κ1) is 17.4. The molecule has 2 bridgehead atoms. The molecule has 4 aliphatic rings. The Morgan fingerprint density at radius 3 is 1.97 bits per heavy atom. The van der Waals surface area contributed by atoms with Crippen LogP contribution in [0.2, 0.25) is 0 Å². The minimum Gasteiger partial charge on any atom is -0.432 e. The molecule has 6 rings (SSSR count). The molecule has 3 aliphatic carbocycles. The average Bonchev–Trinajstić information content (AvgIpc) is 3.51.